The molecule has 0 saturated heterocycles. The molecule has 1 aromatic carbocycles. The number of nitrogens with one attached hydrogen (secondary N) is 2. The highest BCUT2D eigenvalue weighted by Crippen LogP contribution is 2.38. The first kappa shape index (κ1) is 18.3. The third-order valence-electron chi connectivity index (χ3n) is 5.81. The van der Waals surface area contributed by atoms with Crippen LogP contribution < -0.4 is 10.6 Å². The summed E-state index contributed by atoms with van der Waals surface area (Å²) in [6.45, 7) is 9.83. The Balaban J connectivity index is 1.75. The molecule has 1 aliphatic heterocycles. The maximum absolute atomic E-state index is 12.8. The van der Waals surface area contributed by atoms with Crippen LogP contribution in [-0.2, 0) is 17.8 Å². The van der Waals surface area contributed by atoms with Gasteiger partial charge in [-0.3, -0.25) is 10.1 Å². The number of rotatable bonds is 7. The van der Waals surface area contributed by atoms with Crippen LogP contribution in [0.1, 0.15) is 50.3 Å². The lowest BCUT2D eigenvalue weighted by atomic mass is 9.94. The van der Waals surface area contributed by atoms with Gasteiger partial charge in [0.1, 0.15) is 0 Å². The molecule has 0 radical (unpaired) electrons. The Bertz CT molecular complexity index is 847. The van der Waals surface area contributed by atoms with Crippen molar-refractivity contribution in [3.8, 4) is 0 Å². The minimum Gasteiger partial charge on any atom is -0.351 e. The largest absolute Gasteiger partial charge is 0.351 e. The first-order valence-electron chi connectivity index (χ1n) is 10.3. The smallest absolute Gasteiger partial charge is 0.237 e. The monoisotopic (exact) mass is 365 g/mol. The molecule has 4 rings (SSSR count). The summed E-state index contributed by atoms with van der Waals surface area (Å²) in [5, 5.41) is 8.02. The normalized spacial score (nSPS) is 22.0. The first-order chi connectivity index (χ1) is 13.1. The predicted octanol–water partition coefficient (Wildman–Crippen LogP) is 3.96. The maximum atomic E-state index is 12.8. The molecule has 144 valence electrons. The molecule has 2 aromatic rings. The van der Waals surface area contributed by atoms with E-state index in [1.807, 2.05) is 0 Å². The minimum absolute atomic E-state index is 0.0690. The van der Waals surface area contributed by atoms with Crippen LogP contribution in [0.2, 0.25) is 0 Å². The molecular weight excluding hydrogens is 334 g/mol. The first-order valence-corrected chi connectivity index (χ1v) is 10.3. The molecule has 1 aromatic heterocycles. The number of hydrogen-bond donors (Lipinski definition) is 2. The van der Waals surface area contributed by atoms with Crippen molar-refractivity contribution in [3.05, 3.63) is 48.2 Å². The second-order valence-electron chi connectivity index (χ2n) is 8.63. The Morgan fingerprint density at radius 1 is 1.41 bits per heavy atom. The van der Waals surface area contributed by atoms with Gasteiger partial charge in [0.05, 0.1) is 6.04 Å². The fraction of sp³-hybridized carbons (Fsp3) is 0.522. The zero-order valence-corrected chi connectivity index (χ0v) is 16.5. The molecule has 2 unspecified atom stereocenters. The lowest BCUT2D eigenvalue weighted by Crippen LogP contribution is -2.46. The highest BCUT2D eigenvalue weighted by molar-refractivity contribution is 5.90. The molecule has 4 heteroatoms. The summed E-state index contributed by atoms with van der Waals surface area (Å²) >= 11 is 0. The van der Waals surface area contributed by atoms with Gasteiger partial charge in [-0.2, -0.15) is 0 Å². The van der Waals surface area contributed by atoms with Gasteiger partial charge in [-0.25, -0.2) is 0 Å². The average Bonchev–Trinajstić information content (AvgIpc) is 3.41. The molecule has 1 aliphatic carbocycles. The van der Waals surface area contributed by atoms with Crippen LogP contribution in [0.15, 0.2) is 37.1 Å². The SMILES string of the molecule is C=CCNC(=O)C1Cc2cn(CC3CC3)c3cccc(c23)C(CC(C)C)N1. The third-order valence-corrected chi connectivity index (χ3v) is 5.81. The molecular formula is C23H31N3O. The van der Waals surface area contributed by atoms with E-state index < -0.39 is 0 Å². The fourth-order valence-electron chi connectivity index (χ4n) is 4.39. The zero-order chi connectivity index (χ0) is 19.0. The molecule has 2 atom stereocenters. The number of aromatic nitrogens is 1. The van der Waals surface area contributed by atoms with E-state index in [0.717, 1.165) is 25.3 Å². The quantitative estimate of drug-likeness (QED) is 0.730. The van der Waals surface area contributed by atoms with Crippen LogP contribution in [0.4, 0.5) is 0 Å². The molecule has 2 N–H and O–H groups in total. The van der Waals surface area contributed by atoms with Crippen LogP contribution in [0.5, 0.6) is 0 Å². The van der Waals surface area contributed by atoms with E-state index in [0.29, 0.717) is 12.5 Å². The van der Waals surface area contributed by atoms with E-state index in [2.05, 4.69) is 60.0 Å². The van der Waals surface area contributed by atoms with E-state index in [-0.39, 0.29) is 18.0 Å². The van der Waals surface area contributed by atoms with E-state index in [1.54, 1.807) is 6.08 Å². The fourth-order valence-corrected chi connectivity index (χ4v) is 4.39. The Kier molecular flexibility index (Phi) is 5.09. The average molecular weight is 366 g/mol. The molecule has 1 fully saturated rings. The van der Waals surface area contributed by atoms with Gasteiger partial charge < -0.3 is 9.88 Å². The van der Waals surface area contributed by atoms with Crippen molar-refractivity contribution in [1.29, 1.82) is 0 Å². The summed E-state index contributed by atoms with van der Waals surface area (Å²) in [5.41, 5.74) is 3.99. The van der Waals surface area contributed by atoms with Crippen molar-refractivity contribution in [1.82, 2.24) is 15.2 Å². The Morgan fingerprint density at radius 3 is 2.93 bits per heavy atom. The van der Waals surface area contributed by atoms with E-state index in [1.165, 1.54) is 34.9 Å². The topological polar surface area (TPSA) is 46.1 Å². The zero-order valence-electron chi connectivity index (χ0n) is 16.5. The van der Waals surface area contributed by atoms with Crippen molar-refractivity contribution in [2.24, 2.45) is 11.8 Å². The van der Waals surface area contributed by atoms with Crippen LogP contribution in [0.3, 0.4) is 0 Å². The Hall–Kier alpha value is -2.07. The predicted molar refractivity (Wildman–Crippen MR) is 111 cm³/mol. The third kappa shape index (κ3) is 3.81. The molecule has 2 heterocycles. The highest BCUT2D eigenvalue weighted by Gasteiger charge is 2.31. The summed E-state index contributed by atoms with van der Waals surface area (Å²) in [6.07, 6.45) is 8.50. The van der Waals surface area contributed by atoms with Crippen molar-refractivity contribution >= 4 is 16.8 Å². The van der Waals surface area contributed by atoms with Crippen LogP contribution in [0.25, 0.3) is 10.9 Å². The van der Waals surface area contributed by atoms with Gasteiger partial charge in [-0.1, -0.05) is 32.1 Å². The minimum atomic E-state index is -0.207. The summed E-state index contributed by atoms with van der Waals surface area (Å²) < 4.78 is 2.43. The Morgan fingerprint density at radius 2 is 2.22 bits per heavy atom. The van der Waals surface area contributed by atoms with Gasteiger partial charge in [0.15, 0.2) is 0 Å². The molecule has 0 bridgehead atoms. The van der Waals surface area contributed by atoms with Crippen molar-refractivity contribution in [2.45, 2.75) is 58.2 Å². The number of amides is 1. The van der Waals surface area contributed by atoms with E-state index in [9.17, 15) is 4.79 Å². The number of nitrogens with zero attached hydrogens (tertiary/aromatic N) is 1. The summed E-state index contributed by atoms with van der Waals surface area (Å²) in [5.74, 6) is 1.46. The number of carbonyl (C=O) groups is 1. The van der Waals surface area contributed by atoms with Gasteiger partial charge in [0.2, 0.25) is 5.91 Å². The molecule has 4 nitrogen and oxygen atoms in total. The van der Waals surface area contributed by atoms with Crippen LogP contribution in [0, 0.1) is 11.8 Å². The van der Waals surface area contributed by atoms with Crippen molar-refractivity contribution in [2.75, 3.05) is 6.54 Å². The van der Waals surface area contributed by atoms with Crippen LogP contribution >= 0.6 is 0 Å². The molecule has 1 amide bonds. The van der Waals surface area contributed by atoms with E-state index in [4.69, 9.17) is 0 Å². The molecule has 0 spiro atoms. The van der Waals surface area contributed by atoms with Gasteiger partial charge in [0.25, 0.3) is 0 Å². The highest BCUT2D eigenvalue weighted by atomic mass is 16.2. The molecule has 27 heavy (non-hydrogen) atoms. The summed E-state index contributed by atoms with van der Waals surface area (Å²) in [4.78, 5) is 12.8. The Labute approximate surface area is 162 Å². The van der Waals surface area contributed by atoms with E-state index >= 15 is 0 Å². The molecule has 1 saturated carbocycles. The second kappa shape index (κ2) is 7.51. The summed E-state index contributed by atoms with van der Waals surface area (Å²) in [7, 11) is 0. The van der Waals surface area contributed by atoms with Gasteiger partial charge in [-0.15, -0.1) is 6.58 Å². The van der Waals surface area contributed by atoms with Crippen molar-refractivity contribution in [3.63, 3.8) is 0 Å². The lowest BCUT2D eigenvalue weighted by molar-refractivity contribution is -0.123. The number of carbonyl (C=O) groups excluding carboxylic acids is 1. The maximum Gasteiger partial charge on any atom is 0.237 e. The van der Waals surface area contributed by atoms with Gasteiger partial charge >= 0.3 is 0 Å². The molecule has 2 aliphatic rings. The van der Waals surface area contributed by atoms with Crippen molar-refractivity contribution < 1.29 is 4.79 Å². The number of benzene rings is 1. The second-order valence-corrected chi connectivity index (χ2v) is 8.63. The summed E-state index contributed by atoms with van der Waals surface area (Å²) in [6, 6.07) is 6.66. The lowest BCUT2D eigenvalue weighted by Gasteiger charge is -2.25. The number of hydrogen-bond acceptors (Lipinski definition) is 2. The van der Waals surface area contributed by atoms with Gasteiger partial charge in [-0.05, 0) is 54.7 Å². The van der Waals surface area contributed by atoms with Gasteiger partial charge in [0, 0.05) is 36.2 Å². The van der Waals surface area contributed by atoms with Crippen LogP contribution in [-0.4, -0.2) is 23.1 Å². The standard InChI is InChI=1S/C23H31N3O/c1-4-10-24-23(27)20-12-17-14-26(13-16-8-9-16)21-7-5-6-18(22(17)21)19(25-20)11-15(2)3/h4-7,14-16,19-20,25H,1,8-13H2,2-3H3,(H,24,27).